The van der Waals surface area contributed by atoms with Crippen LogP contribution in [0.15, 0.2) is 11.4 Å². The van der Waals surface area contributed by atoms with Crippen LogP contribution in [0.5, 0.6) is 5.75 Å². The molecule has 0 spiro atoms. The molecule has 1 aliphatic rings. The van der Waals surface area contributed by atoms with E-state index in [1.54, 1.807) is 13.2 Å². The highest BCUT2D eigenvalue weighted by Crippen LogP contribution is 2.23. The number of piperazine rings is 1. The van der Waals surface area contributed by atoms with E-state index in [0.29, 0.717) is 0 Å². The summed E-state index contributed by atoms with van der Waals surface area (Å²) < 4.78 is 5.11. The molecule has 0 bridgehead atoms. The van der Waals surface area contributed by atoms with Crippen LogP contribution in [0, 0.1) is 0 Å². The first-order chi connectivity index (χ1) is 9.69. The molecule has 2 rings (SSSR count). The number of carbonyl (C=O) groups excluding carboxylic acids is 1. The molecule has 5 nitrogen and oxygen atoms in total. The average Bonchev–Trinajstić information content (AvgIpc) is 2.97. The number of methoxy groups -OCH3 is 1. The summed E-state index contributed by atoms with van der Waals surface area (Å²) in [5, 5.41) is 11.2. The van der Waals surface area contributed by atoms with Gasteiger partial charge in [0.1, 0.15) is 5.75 Å². The molecule has 1 aromatic heterocycles. The zero-order chi connectivity index (χ0) is 14.5. The van der Waals surface area contributed by atoms with Crippen molar-refractivity contribution in [2.24, 2.45) is 0 Å². The van der Waals surface area contributed by atoms with Crippen molar-refractivity contribution in [1.82, 2.24) is 9.80 Å². The molecule has 1 unspecified atom stereocenters. The number of aliphatic hydroxyl groups is 1. The van der Waals surface area contributed by atoms with Crippen molar-refractivity contribution in [1.29, 1.82) is 0 Å². The lowest BCUT2D eigenvalue weighted by atomic mass is 10.1. The highest BCUT2D eigenvalue weighted by molar-refractivity contribution is 7.12. The summed E-state index contributed by atoms with van der Waals surface area (Å²) in [6.45, 7) is 5.36. The van der Waals surface area contributed by atoms with E-state index in [2.05, 4.69) is 11.8 Å². The molecule has 1 aliphatic heterocycles. The van der Waals surface area contributed by atoms with E-state index in [4.69, 9.17) is 4.74 Å². The van der Waals surface area contributed by atoms with Crippen molar-refractivity contribution in [3.05, 3.63) is 16.3 Å². The topological polar surface area (TPSA) is 53.0 Å². The van der Waals surface area contributed by atoms with Gasteiger partial charge in [0.15, 0.2) is 0 Å². The standard InChI is InChI=1S/C14H22N2O3S/c1-3-11(9-17)15-4-6-16(7-5-15)14(18)13-8-12(19-2)10-20-13/h8,10-11,17H,3-7,9H2,1-2H3. The maximum atomic E-state index is 12.4. The SMILES string of the molecule is CCC(CO)N1CCN(C(=O)c2cc(OC)cs2)CC1. The average molecular weight is 298 g/mol. The van der Waals surface area contributed by atoms with E-state index in [1.165, 1.54) is 11.3 Å². The molecule has 0 aromatic carbocycles. The van der Waals surface area contributed by atoms with Crippen LogP contribution < -0.4 is 4.74 Å². The van der Waals surface area contributed by atoms with Crippen molar-refractivity contribution in [3.8, 4) is 5.75 Å². The van der Waals surface area contributed by atoms with Gasteiger partial charge in [0.2, 0.25) is 0 Å². The van der Waals surface area contributed by atoms with E-state index in [0.717, 1.165) is 43.2 Å². The summed E-state index contributed by atoms with van der Waals surface area (Å²) in [5.74, 6) is 0.818. The zero-order valence-corrected chi connectivity index (χ0v) is 12.9. The second-order valence-corrected chi connectivity index (χ2v) is 5.83. The lowest BCUT2D eigenvalue weighted by Gasteiger charge is -2.38. The van der Waals surface area contributed by atoms with Crippen LogP contribution in [0.25, 0.3) is 0 Å². The Balaban J connectivity index is 1.91. The number of nitrogens with zero attached hydrogens (tertiary/aromatic N) is 2. The molecule has 0 saturated carbocycles. The minimum absolute atomic E-state index is 0.0787. The Bertz CT molecular complexity index is 437. The highest BCUT2D eigenvalue weighted by Gasteiger charge is 2.26. The molecule has 1 saturated heterocycles. The number of rotatable bonds is 5. The number of ether oxygens (including phenoxy) is 1. The quantitative estimate of drug-likeness (QED) is 0.890. The maximum absolute atomic E-state index is 12.4. The Morgan fingerprint density at radius 2 is 2.15 bits per heavy atom. The van der Waals surface area contributed by atoms with Crippen molar-refractivity contribution >= 4 is 17.2 Å². The van der Waals surface area contributed by atoms with Gasteiger partial charge in [-0.1, -0.05) is 6.92 Å². The zero-order valence-electron chi connectivity index (χ0n) is 12.0. The molecule has 1 fully saturated rings. The monoisotopic (exact) mass is 298 g/mol. The first-order valence-electron chi connectivity index (χ1n) is 6.96. The van der Waals surface area contributed by atoms with E-state index >= 15 is 0 Å². The molecule has 6 heteroatoms. The van der Waals surface area contributed by atoms with Gasteiger partial charge < -0.3 is 14.7 Å². The lowest BCUT2D eigenvalue weighted by Crippen LogP contribution is -2.52. The molecule has 1 atom stereocenters. The lowest BCUT2D eigenvalue weighted by molar-refractivity contribution is 0.0476. The van der Waals surface area contributed by atoms with Crippen molar-refractivity contribution in [3.63, 3.8) is 0 Å². The van der Waals surface area contributed by atoms with Gasteiger partial charge in [-0.3, -0.25) is 9.69 Å². The Morgan fingerprint density at radius 3 is 2.65 bits per heavy atom. The fourth-order valence-electron chi connectivity index (χ4n) is 2.49. The number of aliphatic hydroxyl groups excluding tert-OH is 1. The van der Waals surface area contributed by atoms with Crippen molar-refractivity contribution in [2.75, 3.05) is 39.9 Å². The normalized spacial score (nSPS) is 18.1. The summed E-state index contributed by atoms with van der Waals surface area (Å²) in [5.41, 5.74) is 0. The summed E-state index contributed by atoms with van der Waals surface area (Å²) in [6, 6.07) is 2.01. The number of amides is 1. The molecule has 1 N–H and O–H groups in total. The van der Waals surface area contributed by atoms with E-state index in [-0.39, 0.29) is 18.6 Å². The van der Waals surface area contributed by atoms with Crippen molar-refractivity contribution in [2.45, 2.75) is 19.4 Å². The molecule has 20 heavy (non-hydrogen) atoms. The first-order valence-corrected chi connectivity index (χ1v) is 7.84. The highest BCUT2D eigenvalue weighted by atomic mass is 32.1. The van der Waals surface area contributed by atoms with Gasteiger partial charge >= 0.3 is 0 Å². The Hall–Kier alpha value is -1.11. The van der Waals surface area contributed by atoms with Crippen LogP contribution in [-0.4, -0.2) is 66.8 Å². The third-order valence-corrected chi connectivity index (χ3v) is 4.72. The van der Waals surface area contributed by atoms with Crippen LogP contribution in [0.2, 0.25) is 0 Å². The van der Waals surface area contributed by atoms with Crippen LogP contribution in [-0.2, 0) is 0 Å². The van der Waals surface area contributed by atoms with E-state index in [9.17, 15) is 9.90 Å². The summed E-state index contributed by atoms with van der Waals surface area (Å²) in [6.07, 6.45) is 0.937. The molecule has 0 aliphatic carbocycles. The molecule has 112 valence electrons. The van der Waals surface area contributed by atoms with Gasteiger partial charge in [0.05, 0.1) is 18.6 Å². The van der Waals surface area contributed by atoms with E-state index in [1.807, 2.05) is 10.3 Å². The van der Waals surface area contributed by atoms with E-state index < -0.39 is 0 Å². The fraction of sp³-hybridized carbons (Fsp3) is 0.643. The number of thiophene rings is 1. The third kappa shape index (κ3) is 3.31. The van der Waals surface area contributed by atoms with Gasteiger partial charge in [-0.05, 0) is 6.42 Å². The van der Waals surface area contributed by atoms with Gasteiger partial charge in [-0.15, -0.1) is 11.3 Å². The smallest absolute Gasteiger partial charge is 0.264 e. The minimum Gasteiger partial charge on any atom is -0.496 e. The largest absolute Gasteiger partial charge is 0.496 e. The predicted octanol–water partition coefficient (Wildman–Crippen LogP) is 1.29. The van der Waals surface area contributed by atoms with Crippen LogP contribution in [0.4, 0.5) is 0 Å². The molecular weight excluding hydrogens is 276 g/mol. The van der Waals surface area contributed by atoms with Crippen LogP contribution in [0.3, 0.4) is 0 Å². The number of hydrogen-bond donors (Lipinski definition) is 1. The van der Waals surface area contributed by atoms with Gasteiger partial charge in [-0.2, -0.15) is 0 Å². The molecule has 0 radical (unpaired) electrons. The van der Waals surface area contributed by atoms with Crippen LogP contribution in [0.1, 0.15) is 23.0 Å². The van der Waals surface area contributed by atoms with Gasteiger partial charge in [-0.25, -0.2) is 0 Å². The fourth-order valence-corrected chi connectivity index (χ4v) is 3.31. The molecular formula is C14H22N2O3S. The first kappa shape index (κ1) is 15.3. The minimum atomic E-state index is 0.0787. The maximum Gasteiger partial charge on any atom is 0.264 e. The second-order valence-electron chi connectivity index (χ2n) is 4.92. The third-order valence-electron chi connectivity index (χ3n) is 3.82. The molecule has 1 aromatic rings. The molecule has 1 amide bonds. The summed E-state index contributed by atoms with van der Waals surface area (Å²) in [4.78, 5) is 17.2. The predicted molar refractivity (Wildman–Crippen MR) is 79.5 cm³/mol. The summed E-state index contributed by atoms with van der Waals surface area (Å²) in [7, 11) is 1.61. The Labute approximate surface area is 123 Å². The Kier molecular flexibility index (Phi) is 5.39. The van der Waals surface area contributed by atoms with Gasteiger partial charge in [0.25, 0.3) is 5.91 Å². The van der Waals surface area contributed by atoms with Crippen molar-refractivity contribution < 1.29 is 14.6 Å². The number of hydrogen-bond acceptors (Lipinski definition) is 5. The number of carbonyl (C=O) groups is 1. The second kappa shape index (κ2) is 7.06. The van der Waals surface area contributed by atoms with Gasteiger partial charge in [0, 0.05) is 43.7 Å². The Morgan fingerprint density at radius 1 is 1.45 bits per heavy atom. The summed E-state index contributed by atoms with van der Waals surface area (Å²) >= 11 is 1.42. The van der Waals surface area contributed by atoms with Crippen LogP contribution >= 0.6 is 11.3 Å². The molecule has 2 heterocycles.